The van der Waals surface area contributed by atoms with Gasteiger partial charge in [-0.15, -0.1) is 0 Å². The number of carbonyl (C=O) groups excluding carboxylic acids is 1. The lowest BCUT2D eigenvalue weighted by atomic mass is 10.3. The van der Waals surface area contributed by atoms with Gasteiger partial charge >= 0.3 is 0 Å². The fourth-order valence-corrected chi connectivity index (χ4v) is 1.28. The average molecular weight is 250 g/mol. The third-order valence-electron chi connectivity index (χ3n) is 2.11. The van der Waals surface area contributed by atoms with Crippen molar-refractivity contribution >= 4 is 17.6 Å². The van der Waals surface area contributed by atoms with E-state index >= 15 is 0 Å². The van der Waals surface area contributed by atoms with E-state index in [0.717, 1.165) is 0 Å². The highest BCUT2D eigenvalue weighted by molar-refractivity contribution is 6.07. The van der Waals surface area contributed by atoms with Crippen LogP contribution >= 0.6 is 0 Å². The molecule has 0 saturated carbocycles. The summed E-state index contributed by atoms with van der Waals surface area (Å²) in [5, 5.41) is 23.6. The molecular weight excluding hydrogens is 240 g/mol. The van der Waals surface area contributed by atoms with Gasteiger partial charge in [0.1, 0.15) is 5.82 Å². The Bertz CT molecular complexity index is 599. The van der Waals surface area contributed by atoms with Gasteiger partial charge in [-0.3, -0.25) is 9.89 Å². The molecule has 9 heteroatoms. The molecule has 0 atom stereocenters. The van der Waals surface area contributed by atoms with Gasteiger partial charge in [-0.05, 0) is 6.92 Å². The molecule has 0 unspecified atom stereocenters. The zero-order valence-electron chi connectivity index (χ0n) is 9.34. The van der Waals surface area contributed by atoms with Crippen LogP contribution in [0.25, 0.3) is 0 Å². The number of nitrogens with two attached hydrogens (primary N) is 1. The fraction of sp³-hybridized carbons (Fsp3) is 0.111. The summed E-state index contributed by atoms with van der Waals surface area (Å²) in [6, 6.07) is 1.48. The van der Waals surface area contributed by atoms with Gasteiger partial charge in [-0.25, -0.2) is 0 Å². The predicted molar refractivity (Wildman–Crippen MR) is 60.3 cm³/mol. The Kier molecular flexibility index (Phi) is 2.96. The predicted octanol–water partition coefficient (Wildman–Crippen LogP) is 0.0529. The van der Waals surface area contributed by atoms with Crippen molar-refractivity contribution in [3.63, 3.8) is 0 Å². The number of amides is 1. The Morgan fingerprint density at radius 1 is 1.67 bits per heavy atom. The second kappa shape index (κ2) is 4.57. The van der Waals surface area contributed by atoms with E-state index in [-0.39, 0.29) is 23.0 Å². The SMILES string of the molecule is Cc1cc(C(=O)Nc2[nH]ncc2C(N)=NO)on1. The number of nitrogens with zero attached hydrogens (tertiary/aromatic N) is 3. The molecule has 2 heterocycles. The Balaban J connectivity index is 2.20. The van der Waals surface area contributed by atoms with E-state index in [1.807, 2.05) is 0 Å². The van der Waals surface area contributed by atoms with Crippen LogP contribution in [0.1, 0.15) is 21.8 Å². The van der Waals surface area contributed by atoms with E-state index in [0.29, 0.717) is 5.69 Å². The minimum absolute atomic E-state index is 0.0487. The number of oxime groups is 1. The smallest absolute Gasteiger partial charge is 0.295 e. The van der Waals surface area contributed by atoms with Gasteiger partial charge < -0.3 is 20.8 Å². The van der Waals surface area contributed by atoms with Crippen LogP contribution in [0.4, 0.5) is 5.82 Å². The molecule has 2 aromatic heterocycles. The molecule has 2 aromatic rings. The molecule has 18 heavy (non-hydrogen) atoms. The van der Waals surface area contributed by atoms with Crippen LogP contribution in [0.5, 0.6) is 0 Å². The van der Waals surface area contributed by atoms with Crippen LogP contribution in [0.2, 0.25) is 0 Å². The second-order valence-electron chi connectivity index (χ2n) is 3.43. The number of rotatable bonds is 3. The van der Waals surface area contributed by atoms with Gasteiger partial charge in [0.2, 0.25) is 5.76 Å². The van der Waals surface area contributed by atoms with Gasteiger partial charge in [-0.2, -0.15) is 5.10 Å². The first kappa shape index (κ1) is 11.6. The topological polar surface area (TPSA) is 142 Å². The number of carbonyl (C=O) groups is 1. The lowest BCUT2D eigenvalue weighted by molar-refractivity contribution is 0.0987. The minimum Gasteiger partial charge on any atom is -0.409 e. The molecule has 0 saturated heterocycles. The number of hydrogen-bond donors (Lipinski definition) is 4. The van der Waals surface area contributed by atoms with E-state index in [1.54, 1.807) is 6.92 Å². The normalized spacial score (nSPS) is 11.5. The molecule has 0 aliphatic carbocycles. The summed E-state index contributed by atoms with van der Waals surface area (Å²) >= 11 is 0. The number of aromatic amines is 1. The fourth-order valence-electron chi connectivity index (χ4n) is 1.28. The van der Waals surface area contributed by atoms with Crippen molar-refractivity contribution in [2.24, 2.45) is 10.9 Å². The van der Waals surface area contributed by atoms with Crippen LogP contribution in [0.3, 0.4) is 0 Å². The van der Waals surface area contributed by atoms with Crippen molar-refractivity contribution in [2.75, 3.05) is 5.32 Å². The van der Waals surface area contributed by atoms with Gasteiger partial charge in [0.05, 0.1) is 17.5 Å². The largest absolute Gasteiger partial charge is 0.409 e. The van der Waals surface area contributed by atoms with E-state index in [9.17, 15) is 4.79 Å². The highest BCUT2D eigenvalue weighted by atomic mass is 16.5. The molecule has 0 bridgehead atoms. The monoisotopic (exact) mass is 250 g/mol. The lowest BCUT2D eigenvalue weighted by Crippen LogP contribution is -2.18. The van der Waals surface area contributed by atoms with Crippen molar-refractivity contribution in [3.05, 3.63) is 29.3 Å². The van der Waals surface area contributed by atoms with E-state index in [1.165, 1.54) is 12.3 Å². The Labute approximate surface area is 101 Å². The maximum Gasteiger partial charge on any atom is 0.295 e. The average Bonchev–Trinajstić information content (AvgIpc) is 2.97. The van der Waals surface area contributed by atoms with Crippen molar-refractivity contribution in [2.45, 2.75) is 6.92 Å². The highest BCUT2D eigenvalue weighted by Gasteiger charge is 2.16. The molecule has 1 amide bonds. The Hall–Kier alpha value is -2.84. The summed E-state index contributed by atoms with van der Waals surface area (Å²) < 4.78 is 4.79. The minimum atomic E-state index is -0.521. The molecule has 5 N–H and O–H groups in total. The van der Waals surface area contributed by atoms with E-state index in [4.69, 9.17) is 15.5 Å². The summed E-state index contributed by atoms with van der Waals surface area (Å²) in [6.07, 6.45) is 1.32. The number of hydrogen-bond acceptors (Lipinski definition) is 6. The van der Waals surface area contributed by atoms with Crippen LogP contribution < -0.4 is 11.1 Å². The summed E-state index contributed by atoms with van der Waals surface area (Å²) in [4.78, 5) is 11.8. The third-order valence-corrected chi connectivity index (χ3v) is 2.11. The quantitative estimate of drug-likeness (QED) is 0.262. The van der Waals surface area contributed by atoms with Crippen molar-refractivity contribution in [1.29, 1.82) is 0 Å². The molecule has 0 spiro atoms. The number of aromatic nitrogens is 3. The van der Waals surface area contributed by atoms with Crippen molar-refractivity contribution in [3.8, 4) is 0 Å². The molecule has 0 fully saturated rings. The standard InChI is InChI=1S/C9H10N6O3/c1-4-2-6(18-15-4)9(16)12-8-5(3-11-13-8)7(10)14-17/h2-3,17H,1H3,(H2,10,14)(H2,11,12,13,16). The Morgan fingerprint density at radius 3 is 3.06 bits per heavy atom. The molecule has 94 valence electrons. The summed E-state index contributed by atoms with van der Waals surface area (Å²) in [5.41, 5.74) is 6.26. The first-order valence-electron chi connectivity index (χ1n) is 4.87. The molecule has 9 nitrogen and oxygen atoms in total. The molecule has 0 aliphatic rings. The number of amidine groups is 1. The summed E-state index contributed by atoms with van der Waals surface area (Å²) in [7, 11) is 0. The first-order chi connectivity index (χ1) is 8.61. The Morgan fingerprint density at radius 2 is 2.44 bits per heavy atom. The molecule has 0 aliphatic heterocycles. The van der Waals surface area contributed by atoms with Gasteiger partial charge in [-0.1, -0.05) is 10.3 Å². The van der Waals surface area contributed by atoms with Crippen LogP contribution in [-0.4, -0.2) is 32.3 Å². The van der Waals surface area contributed by atoms with Gasteiger partial charge in [0.25, 0.3) is 5.91 Å². The summed E-state index contributed by atoms with van der Waals surface area (Å²) in [6.45, 7) is 1.69. The van der Waals surface area contributed by atoms with E-state index < -0.39 is 5.91 Å². The van der Waals surface area contributed by atoms with Gasteiger partial charge in [0, 0.05) is 6.07 Å². The molecular formula is C9H10N6O3. The van der Waals surface area contributed by atoms with Crippen molar-refractivity contribution in [1.82, 2.24) is 15.4 Å². The lowest BCUT2D eigenvalue weighted by Gasteiger charge is -2.01. The maximum absolute atomic E-state index is 11.8. The number of aryl methyl sites for hydroxylation is 1. The number of anilines is 1. The zero-order valence-corrected chi connectivity index (χ0v) is 9.34. The summed E-state index contributed by atoms with van der Waals surface area (Å²) in [5.74, 6) is -0.448. The first-order valence-corrected chi connectivity index (χ1v) is 4.87. The molecule has 0 radical (unpaired) electrons. The van der Waals surface area contributed by atoms with Crippen LogP contribution in [0, 0.1) is 6.92 Å². The van der Waals surface area contributed by atoms with Crippen molar-refractivity contribution < 1.29 is 14.5 Å². The maximum atomic E-state index is 11.8. The number of H-pyrrole nitrogens is 1. The number of nitrogens with one attached hydrogen (secondary N) is 2. The van der Waals surface area contributed by atoms with Gasteiger partial charge in [0.15, 0.2) is 5.84 Å². The molecule has 0 aromatic carbocycles. The van der Waals surface area contributed by atoms with E-state index in [2.05, 4.69) is 25.8 Å². The molecule has 2 rings (SSSR count). The van der Waals surface area contributed by atoms with Crippen LogP contribution in [0.15, 0.2) is 21.9 Å². The van der Waals surface area contributed by atoms with Crippen LogP contribution in [-0.2, 0) is 0 Å². The third kappa shape index (κ3) is 2.14. The zero-order chi connectivity index (χ0) is 13.1. The second-order valence-corrected chi connectivity index (χ2v) is 3.43. The highest BCUT2D eigenvalue weighted by Crippen LogP contribution is 2.12.